The second-order valence-corrected chi connectivity index (χ2v) is 6.54. The van der Waals surface area contributed by atoms with Crippen molar-refractivity contribution in [1.29, 1.82) is 0 Å². The molecule has 0 amide bonds. The molecule has 1 aliphatic heterocycles. The Hall–Kier alpha value is -1.59. The van der Waals surface area contributed by atoms with Gasteiger partial charge in [-0.3, -0.25) is 9.89 Å². The fourth-order valence-electron chi connectivity index (χ4n) is 3.11. The minimum Gasteiger partial charge on any atom is -0.385 e. The van der Waals surface area contributed by atoms with Gasteiger partial charge in [-0.05, 0) is 31.7 Å². The van der Waals surface area contributed by atoms with Crippen LogP contribution >= 0.6 is 0 Å². The smallest absolute Gasteiger partial charge is 0.194 e. The number of unbranched alkanes of at least 4 members (excludes halogenated alkanes) is 2. The molecule has 25 heavy (non-hydrogen) atoms. The Morgan fingerprint density at radius 2 is 1.84 bits per heavy atom. The fourth-order valence-corrected chi connectivity index (χ4v) is 3.11. The predicted octanol–water partition coefficient (Wildman–Crippen LogP) is 2.59. The van der Waals surface area contributed by atoms with Gasteiger partial charge in [0.1, 0.15) is 0 Å². The van der Waals surface area contributed by atoms with Gasteiger partial charge in [-0.25, -0.2) is 0 Å². The van der Waals surface area contributed by atoms with Crippen LogP contribution in [0.1, 0.15) is 31.7 Å². The highest BCUT2D eigenvalue weighted by Crippen LogP contribution is 2.09. The number of ether oxygens (including phenoxy) is 1. The molecular formula is C20H34N4O. The third-order valence-corrected chi connectivity index (χ3v) is 4.52. The number of hydrogen-bond acceptors (Lipinski definition) is 3. The van der Waals surface area contributed by atoms with E-state index in [2.05, 4.69) is 52.4 Å². The molecule has 0 aliphatic carbocycles. The monoisotopic (exact) mass is 346 g/mol. The normalized spacial score (nSPS) is 16.2. The minimum absolute atomic E-state index is 0.854. The Labute approximate surface area is 153 Å². The van der Waals surface area contributed by atoms with Gasteiger partial charge < -0.3 is 15.0 Å². The predicted molar refractivity (Wildman–Crippen MR) is 105 cm³/mol. The first kappa shape index (κ1) is 19.7. The number of nitrogens with one attached hydrogen (secondary N) is 1. The lowest BCUT2D eigenvalue weighted by molar-refractivity contribution is 0.172. The topological polar surface area (TPSA) is 40.1 Å². The number of aliphatic imine (C=N–C) groups is 1. The Kier molecular flexibility index (Phi) is 9.37. The molecule has 0 spiro atoms. The molecule has 140 valence electrons. The Morgan fingerprint density at radius 1 is 1.08 bits per heavy atom. The van der Waals surface area contributed by atoms with Gasteiger partial charge in [0.15, 0.2) is 5.96 Å². The van der Waals surface area contributed by atoms with Gasteiger partial charge >= 0.3 is 0 Å². The first-order chi connectivity index (χ1) is 12.3. The zero-order valence-corrected chi connectivity index (χ0v) is 15.9. The quantitative estimate of drug-likeness (QED) is 0.424. The summed E-state index contributed by atoms with van der Waals surface area (Å²) in [5, 5.41) is 3.45. The molecule has 2 rings (SSSR count). The SMILES string of the molecule is CCNC(=NCCCCCOC)N1CCN(Cc2ccccc2)CC1. The first-order valence-corrected chi connectivity index (χ1v) is 9.62. The number of benzene rings is 1. The van der Waals surface area contributed by atoms with Crippen LogP contribution in [0.2, 0.25) is 0 Å². The third kappa shape index (κ3) is 7.45. The molecule has 0 aromatic heterocycles. The summed E-state index contributed by atoms with van der Waals surface area (Å²) in [7, 11) is 1.76. The zero-order chi connectivity index (χ0) is 17.7. The van der Waals surface area contributed by atoms with E-state index in [-0.39, 0.29) is 0 Å². The summed E-state index contributed by atoms with van der Waals surface area (Å²) in [4.78, 5) is 9.75. The van der Waals surface area contributed by atoms with Crippen molar-refractivity contribution in [3.8, 4) is 0 Å². The summed E-state index contributed by atoms with van der Waals surface area (Å²) in [5.41, 5.74) is 1.40. The molecular weight excluding hydrogens is 312 g/mol. The van der Waals surface area contributed by atoms with E-state index >= 15 is 0 Å². The molecule has 0 atom stereocenters. The van der Waals surface area contributed by atoms with Crippen molar-refractivity contribution in [2.45, 2.75) is 32.7 Å². The van der Waals surface area contributed by atoms with E-state index in [9.17, 15) is 0 Å². The van der Waals surface area contributed by atoms with Crippen molar-refractivity contribution in [2.75, 3.05) is 53.0 Å². The third-order valence-electron chi connectivity index (χ3n) is 4.52. The minimum atomic E-state index is 0.854. The maximum atomic E-state index is 5.09. The van der Waals surface area contributed by atoms with E-state index in [1.165, 1.54) is 12.0 Å². The maximum Gasteiger partial charge on any atom is 0.194 e. The lowest BCUT2D eigenvalue weighted by Crippen LogP contribution is -2.52. The number of nitrogens with zero attached hydrogens (tertiary/aromatic N) is 3. The molecule has 5 nitrogen and oxygen atoms in total. The molecule has 1 fully saturated rings. The summed E-state index contributed by atoms with van der Waals surface area (Å²) in [6, 6.07) is 10.7. The fraction of sp³-hybridized carbons (Fsp3) is 0.650. The van der Waals surface area contributed by atoms with Gasteiger partial charge in [0.2, 0.25) is 0 Å². The van der Waals surface area contributed by atoms with E-state index in [4.69, 9.17) is 9.73 Å². The number of guanidine groups is 1. The number of piperazine rings is 1. The number of rotatable bonds is 9. The highest BCUT2D eigenvalue weighted by atomic mass is 16.5. The van der Waals surface area contributed by atoms with Crippen LogP contribution < -0.4 is 5.32 Å². The summed E-state index contributed by atoms with van der Waals surface area (Å²) in [6.45, 7) is 10.1. The van der Waals surface area contributed by atoms with Crippen LogP contribution in [0.5, 0.6) is 0 Å². The molecule has 1 N–H and O–H groups in total. The summed E-state index contributed by atoms with van der Waals surface area (Å²) in [6.07, 6.45) is 3.44. The molecule has 1 aliphatic rings. The second-order valence-electron chi connectivity index (χ2n) is 6.54. The summed E-state index contributed by atoms with van der Waals surface area (Å²) >= 11 is 0. The number of methoxy groups -OCH3 is 1. The van der Waals surface area contributed by atoms with Crippen molar-refractivity contribution in [3.05, 3.63) is 35.9 Å². The highest BCUT2D eigenvalue weighted by molar-refractivity contribution is 5.80. The van der Waals surface area contributed by atoms with E-state index < -0.39 is 0 Å². The van der Waals surface area contributed by atoms with Crippen LogP contribution in [0, 0.1) is 0 Å². The van der Waals surface area contributed by atoms with E-state index in [1.54, 1.807) is 7.11 Å². The average molecular weight is 347 g/mol. The standard InChI is InChI=1S/C20H34N4O/c1-3-21-20(22-12-8-5-9-17-25-2)24-15-13-23(14-16-24)18-19-10-6-4-7-11-19/h4,6-7,10-11H,3,5,8-9,12-18H2,1-2H3,(H,21,22). The van der Waals surface area contributed by atoms with Crippen molar-refractivity contribution < 1.29 is 4.74 Å². The van der Waals surface area contributed by atoms with Crippen molar-refractivity contribution >= 4 is 5.96 Å². The molecule has 1 heterocycles. The molecule has 5 heteroatoms. The van der Waals surface area contributed by atoms with E-state index in [1.807, 2.05) is 0 Å². The van der Waals surface area contributed by atoms with Crippen molar-refractivity contribution in [3.63, 3.8) is 0 Å². The first-order valence-electron chi connectivity index (χ1n) is 9.62. The average Bonchev–Trinajstić information content (AvgIpc) is 2.65. The largest absolute Gasteiger partial charge is 0.385 e. The molecule has 0 unspecified atom stereocenters. The van der Waals surface area contributed by atoms with Crippen LogP contribution in [0.25, 0.3) is 0 Å². The lowest BCUT2D eigenvalue weighted by Gasteiger charge is -2.36. The van der Waals surface area contributed by atoms with E-state index in [0.717, 1.165) is 71.2 Å². The van der Waals surface area contributed by atoms with Gasteiger partial charge in [-0.15, -0.1) is 0 Å². The molecule has 0 saturated carbocycles. The van der Waals surface area contributed by atoms with Crippen LogP contribution in [0.3, 0.4) is 0 Å². The van der Waals surface area contributed by atoms with Gasteiger partial charge in [-0.2, -0.15) is 0 Å². The van der Waals surface area contributed by atoms with Crippen LogP contribution in [-0.2, 0) is 11.3 Å². The zero-order valence-electron chi connectivity index (χ0n) is 15.9. The van der Waals surface area contributed by atoms with Crippen molar-refractivity contribution in [2.24, 2.45) is 4.99 Å². The van der Waals surface area contributed by atoms with Crippen LogP contribution in [0.4, 0.5) is 0 Å². The van der Waals surface area contributed by atoms with Gasteiger partial charge in [-0.1, -0.05) is 30.3 Å². The molecule has 1 aromatic rings. The van der Waals surface area contributed by atoms with Gasteiger partial charge in [0.05, 0.1) is 0 Å². The summed E-state index contributed by atoms with van der Waals surface area (Å²) in [5.74, 6) is 1.08. The lowest BCUT2D eigenvalue weighted by atomic mass is 10.2. The number of hydrogen-bond donors (Lipinski definition) is 1. The Morgan fingerprint density at radius 3 is 2.52 bits per heavy atom. The molecule has 1 saturated heterocycles. The van der Waals surface area contributed by atoms with Gasteiger partial charge in [0, 0.05) is 59.5 Å². The van der Waals surface area contributed by atoms with Crippen molar-refractivity contribution in [1.82, 2.24) is 15.1 Å². The summed E-state index contributed by atoms with van der Waals surface area (Å²) < 4.78 is 5.09. The maximum absolute atomic E-state index is 5.09. The molecule has 1 aromatic carbocycles. The van der Waals surface area contributed by atoms with E-state index in [0.29, 0.717) is 0 Å². The second kappa shape index (κ2) is 11.9. The molecule has 0 radical (unpaired) electrons. The Bertz CT molecular complexity index is 484. The Balaban J connectivity index is 1.75. The van der Waals surface area contributed by atoms with Crippen LogP contribution in [-0.4, -0.2) is 68.7 Å². The van der Waals surface area contributed by atoms with Crippen LogP contribution in [0.15, 0.2) is 35.3 Å². The molecule has 0 bridgehead atoms. The van der Waals surface area contributed by atoms with Gasteiger partial charge in [0.25, 0.3) is 0 Å². The highest BCUT2D eigenvalue weighted by Gasteiger charge is 2.19.